The molecule has 0 unspecified atom stereocenters. The molecule has 0 aliphatic rings. The van der Waals surface area contributed by atoms with E-state index in [1.54, 1.807) is 0 Å². The van der Waals surface area contributed by atoms with Crippen molar-refractivity contribution in [3.8, 4) is 0 Å². The Bertz CT molecular complexity index is 269. The second kappa shape index (κ2) is 4.77. The van der Waals surface area contributed by atoms with Crippen LogP contribution >= 0.6 is 0 Å². The van der Waals surface area contributed by atoms with E-state index in [-0.39, 0.29) is 6.04 Å². The highest BCUT2D eigenvalue weighted by molar-refractivity contribution is 5.19. The summed E-state index contributed by atoms with van der Waals surface area (Å²) < 4.78 is 12.2. The zero-order valence-corrected chi connectivity index (χ0v) is 7.54. The number of halogens is 1. The summed E-state index contributed by atoms with van der Waals surface area (Å²) in [5, 5.41) is 0. The molecular weight excluding hydrogens is 165 g/mol. The fourth-order valence-corrected chi connectivity index (χ4v) is 1.11. The van der Waals surface area contributed by atoms with Gasteiger partial charge in [0, 0.05) is 6.04 Å². The second-order valence-corrected chi connectivity index (χ2v) is 3.09. The van der Waals surface area contributed by atoms with Gasteiger partial charge in [0.1, 0.15) is 6.67 Å². The largest absolute Gasteiger partial charge is 0.324 e. The molecule has 0 heterocycles. The maximum absolute atomic E-state index is 12.2. The molecule has 1 aromatic rings. The number of nitrogens with two attached hydrogens (primary N) is 1. The van der Waals surface area contributed by atoms with Gasteiger partial charge < -0.3 is 5.73 Å². The minimum atomic E-state index is -0.534. The van der Waals surface area contributed by atoms with Gasteiger partial charge in [0.15, 0.2) is 0 Å². The molecule has 0 spiro atoms. The molecule has 1 atom stereocenters. The number of rotatable bonds is 4. The predicted octanol–water partition coefficient (Wildman–Crippen LogP) is 2.08. The molecule has 2 heteroatoms. The Labute approximate surface area is 78.1 Å². The van der Waals surface area contributed by atoms with Crippen LogP contribution in [0.1, 0.15) is 5.56 Å². The smallest absolute Gasteiger partial charge is 0.112 e. The fourth-order valence-electron chi connectivity index (χ4n) is 1.11. The first-order valence-corrected chi connectivity index (χ1v) is 4.27. The van der Waals surface area contributed by atoms with E-state index in [1.165, 1.54) is 0 Å². The molecule has 0 aromatic heterocycles. The van der Waals surface area contributed by atoms with Crippen molar-refractivity contribution < 1.29 is 4.39 Å². The molecule has 0 aliphatic carbocycles. The highest BCUT2D eigenvalue weighted by atomic mass is 19.1. The summed E-state index contributed by atoms with van der Waals surface area (Å²) in [5.41, 5.74) is 7.30. The number of benzene rings is 1. The van der Waals surface area contributed by atoms with Gasteiger partial charge in [-0.3, -0.25) is 0 Å². The van der Waals surface area contributed by atoms with E-state index in [2.05, 4.69) is 6.58 Å². The van der Waals surface area contributed by atoms with Crippen molar-refractivity contribution in [3.05, 3.63) is 48.0 Å². The van der Waals surface area contributed by atoms with Gasteiger partial charge in [0.2, 0.25) is 0 Å². The van der Waals surface area contributed by atoms with E-state index in [0.29, 0.717) is 12.0 Å². The molecule has 1 nitrogen and oxygen atoms in total. The van der Waals surface area contributed by atoms with E-state index in [9.17, 15) is 4.39 Å². The molecular formula is C11H14FN. The van der Waals surface area contributed by atoms with Crippen molar-refractivity contribution in [1.82, 2.24) is 0 Å². The summed E-state index contributed by atoms with van der Waals surface area (Å²) in [6, 6.07) is 9.52. The highest BCUT2D eigenvalue weighted by Crippen LogP contribution is 2.07. The minimum absolute atomic E-state index is 0.271. The van der Waals surface area contributed by atoms with Crippen LogP contribution in [0.15, 0.2) is 42.5 Å². The Morgan fingerprint density at radius 1 is 1.38 bits per heavy atom. The van der Waals surface area contributed by atoms with Crippen molar-refractivity contribution in [2.24, 2.45) is 5.73 Å². The maximum Gasteiger partial charge on any atom is 0.112 e. The fraction of sp³-hybridized carbons (Fsp3) is 0.273. The van der Waals surface area contributed by atoms with E-state index in [1.807, 2.05) is 30.3 Å². The quantitative estimate of drug-likeness (QED) is 0.704. The molecule has 0 fully saturated rings. The van der Waals surface area contributed by atoms with Gasteiger partial charge in [-0.1, -0.05) is 36.9 Å². The zero-order valence-electron chi connectivity index (χ0n) is 7.54. The third-order valence-electron chi connectivity index (χ3n) is 1.99. The summed E-state index contributed by atoms with van der Waals surface area (Å²) in [4.78, 5) is 0. The maximum atomic E-state index is 12.2. The topological polar surface area (TPSA) is 26.0 Å². The van der Waals surface area contributed by atoms with Crippen LogP contribution in [0.2, 0.25) is 0 Å². The lowest BCUT2D eigenvalue weighted by Gasteiger charge is -2.11. The predicted molar refractivity (Wildman–Crippen MR) is 53.2 cm³/mol. The van der Waals surface area contributed by atoms with E-state index < -0.39 is 6.67 Å². The van der Waals surface area contributed by atoms with Crippen LogP contribution in [0.25, 0.3) is 0 Å². The number of hydrogen-bond donors (Lipinski definition) is 1. The molecule has 0 bridgehead atoms. The standard InChI is InChI=1S/C11H14FN/c1-9(8-12)11(13)7-10-5-3-2-4-6-10/h2-6,11H,1,7-8,13H2/t11-/m0/s1. The molecule has 2 N–H and O–H groups in total. The van der Waals surface area contributed by atoms with Crippen LogP contribution in [-0.2, 0) is 6.42 Å². The molecule has 1 rings (SSSR count). The summed E-state index contributed by atoms with van der Waals surface area (Å²) >= 11 is 0. The van der Waals surface area contributed by atoms with Crippen LogP contribution in [-0.4, -0.2) is 12.7 Å². The lowest BCUT2D eigenvalue weighted by molar-refractivity contribution is 0.517. The number of hydrogen-bond acceptors (Lipinski definition) is 1. The van der Waals surface area contributed by atoms with Gasteiger partial charge in [-0.15, -0.1) is 0 Å². The Kier molecular flexibility index (Phi) is 3.65. The van der Waals surface area contributed by atoms with Gasteiger partial charge in [0.25, 0.3) is 0 Å². The lowest BCUT2D eigenvalue weighted by atomic mass is 10.0. The average Bonchev–Trinajstić information content (AvgIpc) is 2.18. The van der Waals surface area contributed by atoms with Gasteiger partial charge in [-0.25, -0.2) is 4.39 Å². The monoisotopic (exact) mass is 179 g/mol. The molecule has 0 saturated carbocycles. The van der Waals surface area contributed by atoms with Gasteiger partial charge >= 0.3 is 0 Å². The van der Waals surface area contributed by atoms with E-state index >= 15 is 0 Å². The molecule has 0 saturated heterocycles. The molecule has 0 radical (unpaired) electrons. The minimum Gasteiger partial charge on any atom is -0.324 e. The van der Waals surface area contributed by atoms with Gasteiger partial charge in [-0.05, 0) is 17.6 Å². The van der Waals surface area contributed by atoms with Crippen molar-refractivity contribution in [2.45, 2.75) is 12.5 Å². The van der Waals surface area contributed by atoms with Crippen molar-refractivity contribution >= 4 is 0 Å². The van der Waals surface area contributed by atoms with Crippen LogP contribution in [0, 0.1) is 0 Å². The van der Waals surface area contributed by atoms with Gasteiger partial charge in [0.05, 0.1) is 0 Å². The highest BCUT2D eigenvalue weighted by Gasteiger charge is 2.06. The lowest BCUT2D eigenvalue weighted by Crippen LogP contribution is -2.25. The first-order chi connectivity index (χ1) is 6.24. The van der Waals surface area contributed by atoms with Crippen LogP contribution < -0.4 is 5.73 Å². The van der Waals surface area contributed by atoms with Crippen LogP contribution in [0.3, 0.4) is 0 Å². The Morgan fingerprint density at radius 3 is 2.54 bits per heavy atom. The Balaban J connectivity index is 2.55. The second-order valence-electron chi connectivity index (χ2n) is 3.09. The number of alkyl halides is 1. The molecule has 1 aromatic carbocycles. The van der Waals surface area contributed by atoms with E-state index in [4.69, 9.17) is 5.73 Å². The summed E-state index contributed by atoms with van der Waals surface area (Å²) in [6.07, 6.45) is 0.656. The van der Waals surface area contributed by atoms with Gasteiger partial charge in [-0.2, -0.15) is 0 Å². The summed E-state index contributed by atoms with van der Waals surface area (Å²) in [7, 11) is 0. The molecule has 0 amide bonds. The van der Waals surface area contributed by atoms with Crippen LogP contribution in [0.4, 0.5) is 4.39 Å². The average molecular weight is 179 g/mol. The van der Waals surface area contributed by atoms with E-state index in [0.717, 1.165) is 5.56 Å². The molecule has 70 valence electrons. The van der Waals surface area contributed by atoms with Crippen molar-refractivity contribution in [1.29, 1.82) is 0 Å². The third kappa shape index (κ3) is 2.99. The first-order valence-electron chi connectivity index (χ1n) is 4.27. The summed E-state index contributed by atoms with van der Waals surface area (Å²) in [5.74, 6) is 0. The first kappa shape index (κ1) is 9.93. The summed E-state index contributed by atoms with van der Waals surface area (Å²) in [6.45, 7) is 3.04. The SMILES string of the molecule is C=C(CF)[C@@H](N)Cc1ccccc1. The molecule has 13 heavy (non-hydrogen) atoms. The van der Waals surface area contributed by atoms with Crippen LogP contribution in [0.5, 0.6) is 0 Å². The zero-order chi connectivity index (χ0) is 9.68. The normalized spacial score (nSPS) is 12.5. The Hall–Kier alpha value is -1.15. The molecule has 0 aliphatic heterocycles. The van der Waals surface area contributed by atoms with Crippen molar-refractivity contribution in [3.63, 3.8) is 0 Å². The third-order valence-corrected chi connectivity index (χ3v) is 1.99. The van der Waals surface area contributed by atoms with Crippen molar-refractivity contribution in [2.75, 3.05) is 6.67 Å². The Morgan fingerprint density at radius 2 is 2.00 bits per heavy atom.